The largest absolute Gasteiger partial charge is 0.493 e. The van der Waals surface area contributed by atoms with E-state index in [1.165, 1.54) is 5.56 Å². The van der Waals surface area contributed by atoms with Crippen LogP contribution in [-0.2, 0) is 12.8 Å². The van der Waals surface area contributed by atoms with Crippen molar-refractivity contribution in [3.05, 3.63) is 53.2 Å². The molecule has 7 heteroatoms. The van der Waals surface area contributed by atoms with Crippen LogP contribution in [0.2, 0.25) is 0 Å². The number of rotatable bonds is 5. The summed E-state index contributed by atoms with van der Waals surface area (Å²) in [4.78, 5) is 6.83. The maximum absolute atomic E-state index is 14.2. The minimum atomic E-state index is -0.800. The van der Waals surface area contributed by atoms with Gasteiger partial charge in [-0.25, -0.2) is 8.78 Å². The van der Waals surface area contributed by atoms with Crippen molar-refractivity contribution in [2.24, 2.45) is 0 Å². The molecule has 0 amide bonds. The number of hydrogen-bond acceptors (Lipinski definition) is 5. The molecule has 5 rings (SSSR count). The van der Waals surface area contributed by atoms with E-state index in [1.807, 2.05) is 17.0 Å². The third-order valence-electron chi connectivity index (χ3n) is 6.63. The molecule has 168 valence electrons. The molecule has 1 aliphatic carbocycles. The van der Waals surface area contributed by atoms with Crippen molar-refractivity contribution in [2.45, 2.75) is 38.1 Å². The number of nitrogens with one attached hydrogen (secondary N) is 1. The second kappa shape index (κ2) is 8.45. The molecule has 0 unspecified atom stereocenters. The summed E-state index contributed by atoms with van der Waals surface area (Å²) >= 11 is 0. The molecule has 1 aliphatic heterocycles. The second-order valence-electron chi connectivity index (χ2n) is 8.47. The van der Waals surface area contributed by atoms with E-state index in [2.05, 4.69) is 5.32 Å². The topological polar surface area (TPSA) is 46.6 Å². The van der Waals surface area contributed by atoms with Gasteiger partial charge in [0.25, 0.3) is 0 Å². The molecule has 2 aromatic carbocycles. The van der Waals surface area contributed by atoms with Crippen LogP contribution in [0.5, 0.6) is 11.5 Å². The molecular weight excluding hydrogens is 412 g/mol. The molecule has 0 saturated carbocycles. The fourth-order valence-corrected chi connectivity index (χ4v) is 4.96. The summed E-state index contributed by atoms with van der Waals surface area (Å²) in [6.45, 7) is 1.33. The second-order valence-corrected chi connectivity index (χ2v) is 8.47. The molecule has 0 radical (unpaired) electrons. The summed E-state index contributed by atoms with van der Waals surface area (Å²) in [5.74, 6) is -0.218. The molecule has 3 aromatic rings. The molecule has 1 aromatic heterocycles. The first-order valence-corrected chi connectivity index (χ1v) is 11.1. The van der Waals surface area contributed by atoms with Crippen molar-refractivity contribution < 1.29 is 18.3 Å². The van der Waals surface area contributed by atoms with Gasteiger partial charge in [0.15, 0.2) is 23.1 Å². The standard InChI is InChI=1S/C25H27F2N3O2/c1-31-22-13-17-20(14-23(22)32-2)29-19-7-3-5-16(19)25(17)28-15-9-11-30(12-10-15)21-8-4-6-18(26)24(21)27/h4,6,8,13-15H,3,5,7,9-12H2,1-2H3,(H,28,29). The lowest BCUT2D eigenvalue weighted by Gasteiger charge is -2.35. The first-order valence-electron chi connectivity index (χ1n) is 11.1. The number of anilines is 2. The van der Waals surface area contributed by atoms with Crippen molar-refractivity contribution in [3.63, 3.8) is 0 Å². The Morgan fingerprint density at radius 3 is 2.53 bits per heavy atom. The lowest BCUT2D eigenvalue weighted by Crippen LogP contribution is -2.39. The summed E-state index contributed by atoms with van der Waals surface area (Å²) in [7, 11) is 3.27. The number of pyridine rings is 1. The first-order chi connectivity index (χ1) is 15.6. The van der Waals surface area contributed by atoms with E-state index in [9.17, 15) is 8.78 Å². The van der Waals surface area contributed by atoms with Gasteiger partial charge in [0, 0.05) is 42.0 Å². The van der Waals surface area contributed by atoms with Gasteiger partial charge in [-0.2, -0.15) is 0 Å². The zero-order valence-electron chi connectivity index (χ0n) is 18.4. The third kappa shape index (κ3) is 3.59. The number of ether oxygens (including phenoxy) is 2. The summed E-state index contributed by atoms with van der Waals surface area (Å²) < 4.78 is 38.9. The predicted molar refractivity (Wildman–Crippen MR) is 122 cm³/mol. The van der Waals surface area contributed by atoms with E-state index >= 15 is 0 Å². The highest BCUT2D eigenvalue weighted by Gasteiger charge is 2.26. The number of aryl methyl sites for hydroxylation is 1. The summed E-state index contributed by atoms with van der Waals surface area (Å²) in [5, 5.41) is 4.81. The van der Waals surface area contributed by atoms with Crippen molar-refractivity contribution in [1.82, 2.24) is 4.98 Å². The maximum atomic E-state index is 14.2. The zero-order chi connectivity index (χ0) is 22.2. The lowest BCUT2D eigenvalue weighted by atomic mass is 10.0. The molecule has 5 nitrogen and oxygen atoms in total. The van der Waals surface area contributed by atoms with E-state index in [0.29, 0.717) is 30.3 Å². The maximum Gasteiger partial charge on any atom is 0.182 e. The van der Waals surface area contributed by atoms with Gasteiger partial charge >= 0.3 is 0 Å². The van der Waals surface area contributed by atoms with E-state index < -0.39 is 11.6 Å². The number of hydrogen-bond donors (Lipinski definition) is 1. The van der Waals surface area contributed by atoms with Crippen molar-refractivity contribution >= 4 is 22.3 Å². The minimum absolute atomic E-state index is 0.242. The Morgan fingerprint density at radius 2 is 1.78 bits per heavy atom. The molecular formula is C25H27F2N3O2. The van der Waals surface area contributed by atoms with Crippen LogP contribution in [0.4, 0.5) is 20.2 Å². The van der Waals surface area contributed by atoms with Crippen LogP contribution in [0.15, 0.2) is 30.3 Å². The Balaban J connectivity index is 1.42. The molecule has 2 heterocycles. The molecule has 0 atom stereocenters. The number of methoxy groups -OCH3 is 2. The Morgan fingerprint density at radius 1 is 1.03 bits per heavy atom. The van der Waals surface area contributed by atoms with Crippen LogP contribution in [0.25, 0.3) is 10.9 Å². The van der Waals surface area contributed by atoms with E-state index in [4.69, 9.17) is 14.5 Å². The van der Waals surface area contributed by atoms with Gasteiger partial charge < -0.3 is 19.7 Å². The van der Waals surface area contributed by atoms with Crippen molar-refractivity contribution in [1.29, 1.82) is 0 Å². The highest BCUT2D eigenvalue weighted by molar-refractivity contribution is 5.96. The number of fused-ring (bicyclic) bond motifs is 2. The van der Waals surface area contributed by atoms with Crippen LogP contribution in [0.3, 0.4) is 0 Å². The highest BCUT2D eigenvalue weighted by Crippen LogP contribution is 2.40. The normalized spacial score (nSPS) is 16.3. The number of aromatic nitrogens is 1. The van der Waals surface area contributed by atoms with Gasteiger partial charge in [-0.05, 0) is 55.9 Å². The van der Waals surface area contributed by atoms with Crippen molar-refractivity contribution in [2.75, 3.05) is 37.5 Å². The molecule has 1 fully saturated rings. The van der Waals surface area contributed by atoms with Gasteiger partial charge in [0.1, 0.15) is 0 Å². The fourth-order valence-electron chi connectivity index (χ4n) is 4.96. The predicted octanol–water partition coefficient (Wildman–Crippen LogP) is 5.10. The molecule has 2 aliphatic rings. The van der Waals surface area contributed by atoms with E-state index in [0.717, 1.165) is 60.5 Å². The highest BCUT2D eigenvalue weighted by atomic mass is 19.2. The van der Waals surface area contributed by atoms with Crippen molar-refractivity contribution in [3.8, 4) is 11.5 Å². The summed E-state index contributed by atoms with van der Waals surface area (Å²) in [6, 6.07) is 8.55. The van der Waals surface area contributed by atoms with E-state index in [1.54, 1.807) is 26.4 Å². The monoisotopic (exact) mass is 439 g/mol. The van der Waals surface area contributed by atoms with Crippen LogP contribution >= 0.6 is 0 Å². The minimum Gasteiger partial charge on any atom is -0.493 e. The third-order valence-corrected chi connectivity index (χ3v) is 6.63. The Bertz CT molecular complexity index is 1160. The van der Waals surface area contributed by atoms with Crippen LogP contribution in [0, 0.1) is 11.6 Å². The Hall–Kier alpha value is -3.09. The van der Waals surface area contributed by atoms with Crippen LogP contribution in [0.1, 0.15) is 30.5 Å². The van der Waals surface area contributed by atoms with E-state index in [-0.39, 0.29) is 6.04 Å². The fraction of sp³-hybridized carbons (Fsp3) is 0.400. The Kier molecular flexibility index (Phi) is 5.49. The van der Waals surface area contributed by atoms with Gasteiger partial charge in [-0.15, -0.1) is 0 Å². The van der Waals surface area contributed by atoms with Crippen LogP contribution in [-0.4, -0.2) is 38.3 Å². The quantitative estimate of drug-likeness (QED) is 0.599. The number of benzene rings is 2. The number of piperidine rings is 1. The van der Waals surface area contributed by atoms with Gasteiger partial charge in [0.2, 0.25) is 0 Å². The Labute approximate surface area is 186 Å². The molecule has 1 N–H and O–H groups in total. The summed E-state index contributed by atoms with van der Waals surface area (Å²) in [6.07, 6.45) is 4.75. The summed E-state index contributed by atoms with van der Waals surface area (Å²) in [5.41, 5.74) is 4.79. The molecule has 32 heavy (non-hydrogen) atoms. The number of nitrogens with zero attached hydrogens (tertiary/aromatic N) is 2. The van der Waals surface area contributed by atoms with Crippen LogP contribution < -0.4 is 19.7 Å². The average molecular weight is 440 g/mol. The average Bonchev–Trinajstić information content (AvgIpc) is 3.29. The molecule has 1 saturated heterocycles. The number of halogens is 2. The zero-order valence-corrected chi connectivity index (χ0v) is 18.4. The molecule has 0 bridgehead atoms. The SMILES string of the molecule is COc1cc2nc3c(c(NC4CCN(c5cccc(F)c5F)CC4)c2cc1OC)CCC3. The van der Waals surface area contributed by atoms with Gasteiger partial charge in [-0.3, -0.25) is 4.98 Å². The molecule has 0 spiro atoms. The van der Waals surface area contributed by atoms with Gasteiger partial charge in [-0.1, -0.05) is 6.07 Å². The van der Waals surface area contributed by atoms with Gasteiger partial charge in [0.05, 0.1) is 25.4 Å². The first kappa shape index (κ1) is 20.8. The lowest BCUT2D eigenvalue weighted by molar-refractivity contribution is 0.356. The smallest absolute Gasteiger partial charge is 0.182 e.